The highest BCUT2D eigenvalue weighted by Crippen LogP contribution is 2.36. The minimum atomic E-state index is -1.52. The molecule has 0 spiro atoms. The lowest BCUT2D eigenvalue weighted by Gasteiger charge is -2.25. The third-order valence-corrected chi connectivity index (χ3v) is 20.3. The fourth-order valence-corrected chi connectivity index (χ4v) is 13.5. The van der Waals surface area contributed by atoms with E-state index in [2.05, 4.69) is 69.1 Å². The summed E-state index contributed by atoms with van der Waals surface area (Å²) in [4.78, 5) is 244. The number of ether oxygens (including phenoxy) is 2. The second-order valence-electron chi connectivity index (χ2n) is 27.1. The SMILES string of the molecule is CCC(=O)NCCCCC(NC(=O)CCOCCOCCNC(=O)CC)C(=O)NC(CSc1cc(O)n(CCC(=O)NCC(NC(C)=O)C(=O)NC(CCCCNC(=O)CCN2C(=O)C=CC2=O)C(=O)NC(C)CNC(=O)CCC2C(=O)CC(SCC(NC(=O)C(CCCCNC(=O)CC)NC(=O)CC)C(N)=O)C2=O)c1O)C(N)=O. The molecular weight excluding hydrogens is 1550 g/mol. The average molecular weight is 1660 g/mol. The summed E-state index contributed by atoms with van der Waals surface area (Å²) in [5.41, 5.74) is 11.3. The normalized spacial score (nSPS) is 15.5. The number of carbonyl (C=O) groups excluding carboxylic acids is 19. The maximum Gasteiger partial charge on any atom is 0.253 e. The fraction of sp³-hybridized carbons (Fsp3) is 0.658. The van der Waals surface area contributed by atoms with Crippen LogP contribution in [0.2, 0.25) is 0 Å². The molecule has 17 amide bonds. The summed E-state index contributed by atoms with van der Waals surface area (Å²) < 4.78 is 11.8. The summed E-state index contributed by atoms with van der Waals surface area (Å²) in [6, 6.07) is -7.49. The van der Waals surface area contributed by atoms with Crippen molar-refractivity contribution in [1.82, 2.24) is 78.6 Å². The molecule has 1 aliphatic heterocycles. The summed E-state index contributed by atoms with van der Waals surface area (Å²) in [6.45, 7) is 9.64. The van der Waals surface area contributed by atoms with Crippen LogP contribution in [0.3, 0.4) is 0 Å². The van der Waals surface area contributed by atoms with Gasteiger partial charge in [-0.3, -0.25) is 101 Å². The molecule has 1 saturated carbocycles. The van der Waals surface area contributed by atoms with E-state index in [1.807, 2.05) is 0 Å². The highest BCUT2D eigenvalue weighted by Gasteiger charge is 2.42. The van der Waals surface area contributed by atoms with Gasteiger partial charge in [0.15, 0.2) is 11.7 Å². The number of nitrogens with zero attached hydrogens (tertiary/aromatic N) is 2. The second kappa shape index (κ2) is 54.5. The number of aromatic nitrogens is 1. The van der Waals surface area contributed by atoms with Crippen molar-refractivity contribution in [2.75, 3.05) is 83.7 Å². The first-order chi connectivity index (χ1) is 54.7. The number of unbranched alkanes of at least 4 members (excludes halogenated alkanes) is 3. The van der Waals surface area contributed by atoms with Crippen LogP contribution >= 0.6 is 23.5 Å². The van der Waals surface area contributed by atoms with Gasteiger partial charge in [0.1, 0.15) is 42.0 Å². The van der Waals surface area contributed by atoms with Crippen LogP contribution in [0.25, 0.3) is 0 Å². The molecule has 1 aliphatic carbocycles. The van der Waals surface area contributed by atoms with E-state index in [9.17, 15) is 101 Å². The molecule has 642 valence electrons. The second-order valence-corrected chi connectivity index (χ2v) is 29.4. The predicted octanol–water partition coefficient (Wildman–Crippen LogP) is -3.59. The maximum atomic E-state index is 14.1. The molecule has 40 nitrogen and oxygen atoms in total. The first-order valence-electron chi connectivity index (χ1n) is 38.6. The van der Waals surface area contributed by atoms with Gasteiger partial charge in [0.2, 0.25) is 94.5 Å². The number of thioether (sulfide) groups is 2. The molecule has 0 radical (unpaired) electrons. The maximum absolute atomic E-state index is 14.1. The molecule has 1 aromatic heterocycles. The number of nitrogens with one attached hydrogen (secondary N) is 13. The number of amides is 17. The minimum Gasteiger partial charge on any atom is -0.494 e. The van der Waals surface area contributed by atoms with Gasteiger partial charge in [0.05, 0.1) is 42.5 Å². The Kier molecular flexibility index (Phi) is 46.9. The number of imide groups is 1. The molecule has 19 N–H and O–H groups in total. The number of carbonyl (C=O) groups is 19. The standard InChI is InChI=1S/C73H115N17O23S2/c1-7-55(93)76-27-14-11-17-46(84-58(96)10-4)70(108)87-50(67(74)105)41-114-53-37-52(92)45(66(53)104)20-21-59(97)80-39-43(5)82-69(107)48(19-13-16-29-78-60(98)24-31-89-63(101)22-23-64(89)102)86-72(110)49(83-44(6)91)40-81-61(99)25-32-90-65(103)38-54(73(90)111)115-42-51(68(75)106)88-71(109)47(18-12-15-28-77-56(94)8-2)85-62(100)26-33-112-35-36-113-34-30-79-57(95)9-3/h22-23,38,43,45-51,53,103,111H,7-21,24-37,39-42H2,1-6H3,(H2,74,105)(H2,75,106)(H,76,93)(H,77,94)(H,78,98)(H,79,95)(H,80,97)(H,81,99)(H,82,107)(H,83,91)(H,84,96)(H,85,100)(H,86,110)(H,87,108)(H,88,109). The molecule has 2 aliphatic rings. The highest BCUT2D eigenvalue weighted by atomic mass is 32.2. The quantitative estimate of drug-likeness (QED) is 0.0130. The number of hydrogen-bond donors (Lipinski definition) is 17. The van der Waals surface area contributed by atoms with Crippen molar-refractivity contribution in [3.05, 3.63) is 18.2 Å². The van der Waals surface area contributed by atoms with Gasteiger partial charge in [-0.05, 0) is 71.1 Å². The number of hydrogen-bond acceptors (Lipinski definition) is 25. The summed E-state index contributed by atoms with van der Waals surface area (Å²) in [5, 5.41) is 55.2. The molecule has 0 saturated heterocycles. The zero-order valence-electron chi connectivity index (χ0n) is 66.1. The first-order valence-corrected chi connectivity index (χ1v) is 40.6. The Bertz CT molecular complexity index is 3540. The Balaban J connectivity index is 1.64. The van der Waals surface area contributed by atoms with E-state index >= 15 is 0 Å². The van der Waals surface area contributed by atoms with E-state index < -0.39 is 172 Å². The van der Waals surface area contributed by atoms with Crippen molar-refractivity contribution < 1.29 is 111 Å². The average Bonchev–Trinajstić information content (AvgIpc) is 1.69. The molecule has 0 aromatic carbocycles. The van der Waals surface area contributed by atoms with E-state index in [4.69, 9.17) is 20.9 Å². The van der Waals surface area contributed by atoms with E-state index in [0.717, 1.165) is 58.1 Å². The summed E-state index contributed by atoms with van der Waals surface area (Å²) in [6.07, 6.45) is 3.97. The molecule has 2 heterocycles. The van der Waals surface area contributed by atoms with E-state index in [0.29, 0.717) is 58.2 Å². The van der Waals surface area contributed by atoms with Gasteiger partial charge in [0.25, 0.3) is 11.8 Å². The summed E-state index contributed by atoms with van der Waals surface area (Å²) in [7, 11) is 0. The molecule has 1 aromatic rings. The van der Waals surface area contributed by atoms with Crippen LogP contribution in [0.1, 0.15) is 164 Å². The first kappa shape index (κ1) is 99.0. The third-order valence-electron chi connectivity index (χ3n) is 17.9. The molecule has 1 fully saturated rings. The lowest BCUT2D eigenvalue weighted by molar-refractivity contribution is -0.138. The van der Waals surface area contributed by atoms with Gasteiger partial charge in [-0.15, -0.1) is 23.5 Å². The Hall–Kier alpha value is -10.2. The van der Waals surface area contributed by atoms with Gasteiger partial charge in [0, 0.05) is 153 Å². The van der Waals surface area contributed by atoms with Crippen molar-refractivity contribution in [2.45, 2.75) is 223 Å². The number of primary amides is 2. The van der Waals surface area contributed by atoms with Gasteiger partial charge in [-0.25, -0.2) is 0 Å². The number of aromatic hydroxyl groups is 2. The summed E-state index contributed by atoms with van der Waals surface area (Å²) in [5.74, 6) is -13.9. The van der Waals surface area contributed by atoms with Crippen LogP contribution in [0, 0.1) is 5.92 Å². The van der Waals surface area contributed by atoms with Crippen LogP contribution in [0.15, 0.2) is 23.1 Å². The Labute approximate surface area is 675 Å². The molecule has 42 heteroatoms. The van der Waals surface area contributed by atoms with Crippen molar-refractivity contribution in [1.29, 1.82) is 0 Å². The van der Waals surface area contributed by atoms with Gasteiger partial charge >= 0.3 is 0 Å². The third kappa shape index (κ3) is 39.1. The van der Waals surface area contributed by atoms with Crippen LogP contribution in [-0.4, -0.2) is 263 Å². The van der Waals surface area contributed by atoms with Crippen molar-refractivity contribution in [2.24, 2.45) is 17.4 Å². The monoisotopic (exact) mass is 1660 g/mol. The van der Waals surface area contributed by atoms with E-state index in [1.54, 1.807) is 27.7 Å². The molecule has 9 atom stereocenters. The Morgan fingerprint density at radius 3 is 1.48 bits per heavy atom. The van der Waals surface area contributed by atoms with Crippen LogP contribution in [0.4, 0.5) is 0 Å². The number of Topliss-reactive ketones (excluding diaryl/α,β-unsaturated/α-hetero) is 2. The van der Waals surface area contributed by atoms with Gasteiger partial charge in [-0.2, -0.15) is 0 Å². The zero-order valence-corrected chi connectivity index (χ0v) is 67.7. The molecule has 9 unspecified atom stereocenters. The zero-order chi connectivity index (χ0) is 85.5. The topological polar surface area (TPSA) is 600 Å². The number of nitrogens with two attached hydrogens (primary N) is 2. The van der Waals surface area contributed by atoms with Crippen LogP contribution in [-0.2, 0) is 107 Å². The summed E-state index contributed by atoms with van der Waals surface area (Å²) >= 11 is 1.73. The lowest BCUT2D eigenvalue weighted by atomic mass is 9.99. The number of ketones is 2. The Morgan fingerprint density at radius 2 is 0.939 bits per heavy atom. The van der Waals surface area contributed by atoms with Crippen LogP contribution < -0.4 is 80.6 Å². The van der Waals surface area contributed by atoms with Crippen molar-refractivity contribution >= 4 is 136 Å². The molecule has 0 bridgehead atoms. The fourth-order valence-electron chi connectivity index (χ4n) is 11.2. The molecular formula is C73H115N17O23S2. The van der Waals surface area contributed by atoms with Crippen LogP contribution in [0.5, 0.6) is 11.8 Å². The number of rotatable bonds is 60. The highest BCUT2D eigenvalue weighted by molar-refractivity contribution is 8.00. The lowest BCUT2D eigenvalue weighted by Crippen LogP contribution is -2.57. The smallest absolute Gasteiger partial charge is 0.253 e. The van der Waals surface area contributed by atoms with E-state index in [1.165, 1.54) is 6.92 Å². The largest absolute Gasteiger partial charge is 0.494 e. The van der Waals surface area contributed by atoms with Crippen molar-refractivity contribution in [3.63, 3.8) is 0 Å². The predicted molar refractivity (Wildman–Crippen MR) is 417 cm³/mol. The van der Waals surface area contributed by atoms with Crippen molar-refractivity contribution in [3.8, 4) is 11.8 Å². The Morgan fingerprint density at radius 1 is 0.487 bits per heavy atom. The molecule has 3 rings (SSSR count). The van der Waals surface area contributed by atoms with Gasteiger partial charge in [-0.1, -0.05) is 27.7 Å². The van der Waals surface area contributed by atoms with Gasteiger partial charge < -0.3 is 100 Å². The minimum absolute atomic E-state index is 0.00690. The molecule has 115 heavy (non-hydrogen) atoms. The van der Waals surface area contributed by atoms with E-state index in [-0.39, 0.29) is 164 Å².